The number of aryl methyl sites for hydroxylation is 1. The Kier molecular flexibility index (Phi) is 4.37. The zero-order valence-corrected chi connectivity index (χ0v) is 13.4. The van der Waals surface area contributed by atoms with Crippen molar-refractivity contribution in [1.29, 1.82) is 0 Å². The molecule has 0 saturated carbocycles. The molecule has 0 saturated heterocycles. The maximum atomic E-state index is 11.8. The number of hydrogen-bond donors (Lipinski definition) is 1. The van der Waals surface area contributed by atoms with Crippen LogP contribution in [0.4, 0.5) is 0 Å². The Morgan fingerprint density at radius 2 is 1.91 bits per heavy atom. The number of nitrogens with zero attached hydrogens (tertiary/aromatic N) is 2. The van der Waals surface area contributed by atoms with Crippen LogP contribution in [0.3, 0.4) is 0 Å². The third-order valence-corrected chi connectivity index (χ3v) is 5.94. The van der Waals surface area contributed by atoms with E-state index >= 15 is 0 Å². The SMILES string of the molecule is CC(CCn1cc(-c2ccccc2)cn1)(C(N)=O)S(C)(=O)=O. The fraction of sp³-hybridized carbons (Fsp3) is 0.333. The minimum absolute atomic E-state index is 0.0804. The van der Waals surface area contributed by atoms with Crippen LogP contribution >= 0.6 is 0 Å². The van der Waals surface area contributed by atoms with Crippen LogP contribution in [0.2, 0.25) is 0 Å². The van der Waals surface area contributed by atoms with Crippen LogP contribution in [0, 0.1) is 0 Å². The highest BCUT2D eigenvalue weighted by molar-refractivity contribution is 7.92. The van der Waals surface area contributed by atoms with Gasteiger partial charge in [0.2, 0.25) is 5.91 Å². The molecule has 118 valence electrons. The summed E-state index contributed by atoms with van der Waals surface area (Å²) in [6.45, 7) is 1.64. The Labute approximate surface area is 129 Å². The van der Waals surface area contributed by atoms with E-state index in [-0.39, 0.29) is 6.42 Å². The van der Waals surface area contributed by atoms with Crippen molar-refractivity contribution in [1.82, 2.24) is 9.78 Å². The molecule has 22 heavy (non-hydrogen) atoms. The van der Waals surface area contributed by atoms with E-state index in [4.69, 9.17) is 5.73 Å². The van der Waals surface area contributed by atoms with Gasteiger partial charge in [0, 0.05) is 24.6 Å². The Bertz CT molecular complexity index is 768. The predicted molar refractivity (Wildman–Crippen MR) is 84.7 cm³/mol. The van der Waals surface area contributed by atoms with Gasteiger partial charge in [-0.05, 0) is 18.9 Å². The van der Waals surface area contributed by atoms with Crippen LogP contribution in [-0.4, -0.2) is 35.1 Å². The molecule has 1 unspecified atom stereocenters. The number of carbonyl (C=O) groups excluding carboxylic acids is 1. The molecule has 6 nitrogen and oxygen atoms in total. The zero-order chi connectivity index (χ0) is 16.4. The van der Waals surface area contributed by atoms with E-state index in [1.165, 1.54) is 6.92 Å². The molecule has 0 fully saturated rings. The highest BCUT2D eigenvalue weighted by Crippen LogP contribution is 2.22. The number of sulfone groups is 1. The van der Waals surface area contributed by atoms with Crippen molar-refractivity contribution in [2.75, 3.05) is 6.26 Å². The van der Waals surface area contributed by atoms with Gasteiger partial charge >= 0.3 is 0 Å². The summed E-state index contributed by atoms with van der Waals surface area (Å²) in [5, 5.41) is 4.21. The van der Waals surface area contributed by atoms with Crippen molar-refractivity contribution in [3.63, 3.8) is 0 Å². The monoisotopic (exact) mass is 321 g/mol. The van der Waals surface area contributed by atoms with E-state index in [0.717, 1.165) is 17.4 Å². The molecular formula is C15H19N3O3S. The van der Waals surface area contributed by atoms with Crippen molar-refractivity contribution in [2.45, 2.75) is 24.6 Å². The van der Waals surface area contributed by atoms with Gasteiger partial charge in [-0.2, -0.15) is 5.10 Å². The molecule has 0 aliphatic heterocycles. The second kappa shape index (κ2) is 5.92. The third kappa shape index (κ3) is 3.19. The van der Waals surface area contributed by atoms with Crippen LogP contribution < -0.4 is 5.73 Å². The molecule has 0 aliphatic carbocycles. The fourth-order valence-corrected chi connectivity index (χ4v) is 2.91. The molecule has 1 aromatic heterocycles. The van der Waals surface area contributed by atoms with E-state index in [9.17, 15) is 13.2 Å². The summed E-state index contributed by atoms with van der Waals surface area (Å²) in [5.41, 5.74) is 7.22. The Morgan fingerprint density at radius 3 is 2.45 bits per heavy atom. The Hall–Kier alpha value is -2.15. The van der Waals surface area contributed by atoms with Crippen molar-refractivity contribution >= 4 is 15.7 Å². The van der Waals surface area contributed by atoms with E-state index < -0.39 is 20.5 Å². The molecule has 1 atom stereocenters. The number of primary amides is 1. The summed E-state index contributed by atoms with van der Waals surface area (Å²) in [5.74, 6) is -0.842. The van der Waals surface area contributed by atoms with Crippen molar-refractivity contribution in [2.24, 2.45) is 5.73 Å². The third-order valence-electron chi connectivity index (χ3n) is 3.90. The number of nitrogens with two attached hydrogens (primary N) is 1. The maximum absolute atomic E-state index is 11.8. The molecule has 0 radical (unpaired) electrons. The predicted octanol–water partition coefficient (Wildman–Crippen LogP) is 1.23. The molecule has 7 heteroatoms. The van der Waals surface area contributed by atoms with E-state index in [0.29, 0.717) is 6.54 Å². The minimum atomic E-state index is -3.59. The van der Waals surface area contributed by atoms with Gasteiger partial charge in [0.1, 0.15) is 4.75 Å². The molecule has 1 heterocycles. The minimum Gasteiger partial charge on any atom is -0.368 e. The maximum Gasteiger partial charge on any atom is 0.238 e. The summed E-state index contributed by atoms with van der Waals surface area (Å²) in [6, 6.07) is 9.72. The van der Waals surface area contributed by atoms with Crippen molar-refractivity contribution in [3.8, 4) is 11.1 Å². The molecule has 0 aliphatic rings. The molecule has 2 aromatic rings. The Balaban J connectivity index is 2.16. The van der Waals surface area contributed by atoms with E-state index in [1.807, 2.05) is 36.5 Å². The summed E-state index contributed by atoms with van der Waals surface area (Å²) < 4.78 is 23.7. The van der Waals surface area contributed by atoms with Gasteiger partial charge in [0.25, 0.3) is 0 Å². The summed E-state index contributed by atoms with van der Waals surface area (Å²) in [4.78, 5) is 11.5. The van der Waals surface area contributed by atoms with Crippen LogP contribution in [-0.2, 0) is 21.2 Å². The fourth-order valence-electron chi connectivity index (χ4n) is 2.08. The smallest absolute Gasteiger partial charge is 0.238 e. The van der Waals surface area contributed by atoms with Crippen LogP contribution in [0.5, 0.6) is 0 Å². The van der Waals surface area contributed by atoms with E-state index in [2.05, 4.69) is 5.10 Å². The van der Waals surface area contributed by atoms with Gasteiger partial charge < -0.3 is 5.73 Å². The lowest BCUT2D eigenvalue weighted by Crippen LogP contribution is -2.48. The largest absolute Gasteiger partial charge is 0.368 e. The first kappa shape index (κ1) is 16.2. The molecule has 1 aromatic carbocycles. The average Bonchev–Trinajstić information content (AvgIpc) is 2.93. The Morgan fingerprint density at radius 1 is 1.27 bits per heavy atom. The lowest BCUT2D eigenvalue weighted by atomic mass is 10.1. The average molecular weight is 321 g/mol. The van der Waals surface area contributed by atoms with E-state index in [1.54, 1.807) is 10.9 Å². The highest BCUT2D eigenvalue weighted by atomic mass is 32.2. The molecule has 2 rings (SSSR count). The topological polar surface area (TPSA) is 95.1 Å². The lowest BCUT2D eigenvalue weighted by Gasteiger charge is -2.23. The van der Waals surface area contributed by atoms with Gasteiger partial charge in [0.05, 0.1) is 6.20 Å². The number of aromatic nitrogens is 2. The molecule has 0 bridgehead atoms. The molecule has 2 N–H and O–H groups in total. The number of hydrogen-bond acceptors (Lipinski definition) is 4. The standard InChI is InChI=1S/C15H19N3O3S/c1-15(14(16)19,22(2,20)21)8-9-18-11-13(10-17-18)12-6-4-3-5-7-12/h3-7,10-11H,8-9H2,1-2H3,(H2,16,19). The number of carbonyl (C=O) groups is 1. The molecule has 1 amide bonds. The van der Waals surface area contributed by atoms with Crippen LogP contribution in [0.15, 0.2) is 42.7 Å². The number of benzene rings is 1. The van der Waals surface area contributed by atoms with Crippen LogP contribution in [0.25, 0.3) is 11.1 Å². The van der Waals surface area contributed by atoms with Crippen molar-refractivity contribution in [3.05, 3.63) is 42.7 Å². The first-order valence-corrected chi connectivity index (χ1v) is 8.70. The molecular weight excluding hydrogens is 302 g/mol. The van der Waals surface area contributed by atoms with Gasteiger partial charge in [-0.1, -0.05) is 30.3 Å². The second-order valence-electron chi connectivity index (χ2n) is 5.48. The number of rotatable bonds is 6. The van der Waals surface area contributed by atoms with Gasteiger partial charge in [-0.3, -0.25) is 9.48 Å². The first-order chi connectivity index (χ1) is 10.2. The quantitative estimate of drug-likeness (QED) is 0.865. The summed E-state index contributed by atoms with van der Waals surface area (Å²) in [7, 11) is -3.59. The summed E-state index contributed by atoms with van der Waals surface area (Å²) in [6.07, 6.45) is 4.63. The molecule has 0 spiro atoms. The highest BCUT2D eigenvalue weighted by Gasteiger charge is 2.41. The van der Waals surface area contributed by atoms with Gasteiger partial charge in [-0.15, -0.1) is 0 Å². The zero-order valence-electron chi connectivity index (χ0n) is 12.6. The van der Waals surface area contributed by atoms with Crippen LogP contribution in [0.1, 0.15) is 13.3 Å². The lowest BCUT2D eigenvalue weighted by molar-refractivity contribution is -0.120. The summed E-state index contributed by atoms with van der Waals surface area (Å²) >= 11 is 0. The first-order valence-electron chi connectivity index (χ1n) is 6.81. The van der Waals surface area contributed by atoms with Gasteiger partial charge in [-0.25, -0.2) is 8.42 Å². The number of amides is 1. The normalized spacial score (nSPS) is 14.5. The van der Waals surface area contributed by atoms with Crippen molar-refractivity contribution < 1.29 is 13.2 Å². The van der Waals surface area contributed by atoms with Gasteiger partial charge in [0.15, 0.2) is 9.84 Å². The second-order valence-corrected chi connectivity index (χ2v) is 7.92.